The van der Waals surface area contributed by atoms with Crippen molar-refractivity contribution in [3.05, 3.63) is 17.5 Å². The van der Waals surface area contributed by atoms with Gasteiger partial charge in [-0.05, 0) is 31.1 Å². The van der Waals surface area contributed by atoms with E-state index in [0.29, 0.717) is 24.8 Å². The van der Waals surface area contributed by atoms with Crippen molar-refractivity contribution in [1.29, 1.82) is 0 Å². The molecule has 1 fully saturated rings. The molecule has 0 saturated carbocycles. The minimum atomic E-state index is -0.0836. The van der Waals surface area contributed by atoms with Crippen molar-refractivity contribution in [2.75, 3.05) is 19.7 Å². The Bertz CT molecular complexity index is 470. The van der Waals surface area contributed by atoms with E-state index in [1.54, 1.807) is 6.07 Å². The van der Waals surface area contributed by atoms with Crippen LogP contribution in [0.3, 0.4) is 0 Å². The normalized spacial score (nSPS) is 19.5. The molecule has 1 N–H and O–H groups in total. The Morgan fingerprint density at radius 2 is 2.14 bits per heavy atom. The van der Waals surface area contributed by atoms with Crippen molar-refractivity contribution in [2.45, 2.75) is 52.4 Å². The number of likely N-dealkylation sites (tertiary alicyclic amines) is 1. The summed E-state index contributed by atoms with van der Waals surface area (Å²) in [5.41, 5.74) is 0.830. The first kappa shape index (κ1) is 16.0. The molecule has 1 aromatic heterocycles. The van der Waals surface area contributed by atoms with Gasteiger partial charge in [-0.15, -0.1) is 0 Å². The molecule has 2 heterocycles. The van der Waals surface area contributed by atoms with Gasteiger partial charge in [0.05, 0.1) is 5.69 Å². The topological polar surface area (TPSA) is 66.6 Å². The van der Waals surface area contributed by atoms with Crippen LogP contribution in [0, 0.1) is 5.41 Å². The van der Waals surface area contributed by atoms with Crippen molar-refractivity contribution < 1.29 is 14.4 Å². The molecule has 0 spiro atoms. The van der Waals surface area contributed by atoms with Crippen LogP contribution in [-0.4, -0.2) is 40.8 Å². The van der Waals surface area contributed by atoms with Crippen LogP contribution in [0.1, 0.15) is 68.6 Å². The molecule has 0 aliphatic carbocycles. The molecular formula is C16H26N2O3. The fourth-order valence-electron chi connectivity index (χ4n) is 2.79. The summed E-state index contributed by atoms with van der Waals surface area (Å²) in [5.74, 6) is 0.553. The number of aliphatic hydroxyl groups is 1. The van der Waals surface area contributed by atoms with E-state index in [0.717, 1.165) is 31.4 Å². The summed E-state index contributed by atoms with van der Waals surface area (Å²) in [6, 6.07) is 1.77. The average Bonchev–Trinajstić information content (AvgIpc) is 3.03. The highest BCUT2D eigenvalue weighted by Crippen LogP contribution is 2.34. The summed E-state index contributed by atoms with van der Waals surface area (Å²) >= 11 is 0. The summed E-state index contributed by atoms with van der Waals surface area (Å²) in [6.45, 7) is 7.81. The highest BCUT2D eigenvalue weighted by molar-refractivity contribution is 5.91. The van der Waals surface area contributed by atoms with Gasteiger partial charge >= 0.3 is 0 Å². The standard InChI is InChI=1S/C16H26N2O3/c1-4-12(3)13-10-14(21-17-13)15(20)18-8-6-16(5-2,11-19)7-9-18/h10,12,19H,4-9,11H2,1-3H3. The molecule has 5 heteroatoms. The zero-order valence-electron chi connectivity index (χ0n) is 13.3. The number of rotatable bonds is 5. The smallest absolute Gasteiger partial charge is 0.292 e. The predicted molar refractivity (Wildman–Crippen MR) is 80.2 cm³/mol. The van der Waals surface area contributed by atoms with E-state index in [1.165, 1.54) is 0 Å². The second kappa shape index (κ2) is 6.60. The van der Waals surface area contributed by atoms with Crippen molar-refractivity contribution >= 4 is 5.91 Å². The number of nitrogens with zero attached hydrogens (tertiary/aromatic N) is 2. The van der Waals surface area contributed by atoms with Gasteiger partial charge in [-0.25, -0.2) is 0 Å². The maximum atomic E-state index is 12.4. The van der Waals surface area contributed by atoms with Gasteiger partial charge in [0.15, 0.2) is 0 Å². The maximum Gasteiger partial charge on any atom is 0.292 e. The summed E-state index contributed by atoms with van der Waals surface area (Å²) in [7, 11) is 0. The zero-order valence-corrected chi connectivity index (χ0v) is 13.3. The largest absolute Gasteiger partial charge is 0.396 e. The first-order chi connectivity index (χ1) is 10.0. The zero-order chi connectivity index (χ0) is 15.5. The first-order valence-corrected chi connectivity index (χ1v) is 7.92. The Balaban J connectivity index is 2.00. The lowest BCUT2D eigenvalue weighted by molar-refractivity contribution is 0.0315. The van der Waals surface area contributed by atoms with Crippen LogP contribution in [0.5, 0.6) is 0 Å². The van der Waals surface area contributed by atoms with Gasteiger partial charge in [-0.3, -0.25) is 4.79 Å². The van der Waals surface area contributed by atoms with Gasteiger partial charge in [-0.1, -0.05) is 25.9 Å². The lowest BCUT2D eigenvalue weighted by Gasteiger charge is -2.39. The van der Waals surface area contributed by atoms with Crippen molar-refractivity contribution in [3.8, 4) is 0 Å². The summed E-state index contributed by atoms with van der Waals surface area (Å²) < 4.78 is 5.22. The molecule has 0 aromatic carbocycles. The Labute approximate surface area is 126 Å². The third kappa shape index (κ3) is 3.28. The third-order valence-electron chi connectivity index (χ3n) is 5.05. The summed E-state index contributed by atoms with van der Waals surface area (Å²) in [5, 5.41) is 13.5. The third-order valence-corrected chi connectivity index (χ3v) is 5.05. The molecule has 1 saturated heterocycles. The number of piperidine rings is 1. The molecule has 1 aromatic rings. The van der Waals surface area contributed by atoms with Crippen LogP contribution in [0.4, 0.5) is 0 Å². The van der Waals surface area contributed by atoms with Crippen LogP contribution in [0.25, 0.3) is 0 Å². The lowest BCUT2D eigenvalue weighted by atomic mass is 9.77. The molecular weight excluding hydrogens is 268 g/mol. The van der Waals surface area contributed by atoms with Gasteiger partial charge in [-0.2, -0.15) is 0 Å². The molecule has 1 aliphatic heterocycles. The molecule has 1 atom stereocenters. The Kier molecular flexibility index (Phi) is 5.04. The van der Waals surface area contributed by atoms with E-state index in [-0.39, 0.29) is 17.9 Å². The van der Waals surface area contributed by atoms with Crippen LogP contribution in [-0.2, 0) is 0 Å². The number of aromatic nitrogens is 1. The lowest BCUT2D eigenvalue weighted by Crippen LogP contribution is -2.44. The fourth-order valence-corrected chi connectivity index (χ4v) is 2.79. The number of hydrogen-bond donors (Lipinski definition) is 1. The highest BCUT2D eigenvalue weighted by atomic mass is 16.5. The number of carbonyl (C=O) groups is 1. The second-order valence-corrected chi connectivity index (χ2v) is 6.23. The minimum Gasteiger partial charge on any atom is -0.396 e. The van der Waals surface area contributed by atoms with Crippen molar-refractivity contribution in [2.24, 2.45) is 5.41 Å². The SMILES string of the molecule is CCC(C)c1cc(C(=O)N2CCC(CC)(CO)CC2)on1. The van der Waals surface area contributed by atoms with Gasteiger partial charge < -0.3 is 14.5 Å². The molecule has 118 valence electrons. The molecule has 0 bridgehead atoms. The second-order valence-electron chi connectivity index (χ2n) is 6.23. The van der Waals surface area contributed by atoms with Gasteiger partial charge in [0.25, 0.3) is 5.91 Å². The summed E-state index contributed by atoms with van der Waals surface area (Å²) in [4.78, 5) is 14.3. The monoisotopic (exact) mass is 294 g/mol. The maximum absolute atomic E-state index is 12.4. The predicted octanol–water partition coefficient (Wildman–Crippen LogP) is 2.81. The number of amides is 1. The number of aliphatic hydroxyl groups excluding tert-OH is 1. The van der Waals surface area contributed by atoms with Crippen LogP contribution in [0.15, 0.2) is 10.6 Å². The van der Waals surface area contributed by atoms with E-state index in [9.17, 15) is 9.90 Å². The average molecular weight is 294 g/mol. The summed E-state index contributed by atoms with van der Waals surface area (Å²) in [6.07, 6.45) is 3.61. The first-order valence-electron chi connectivity index (χ1n) is 7.92. The quantitative estimate of drug-likeness (QED) is 0.906. The van der Waals surface area contributed by atoms with Crippen molar-refractivity contribution in [1.82, 2.24) is 10.1 Å². The van der Waals surface area contributed by atoms with Gasteiger partial charge in [0.1, 0.15) is 0 Å². The van der Waals surface area contributed by atoms with Crippen molar-refractivity contribution in [3.63, 3.8) is 0 Å². The molecule has 1 aliphatic rings. The van der Waals surface area contributed by atoms with E-state index >= 15 is 0 Å². The molecule has 2 rings (SSSR count). The van der Waals surface area contributed by atoms with Crippen LogP contribution in [0.2, 0.25) is 0 Å². The van der Waals surface area contributed by atoms with E-state index in [2.05, 4.69) is 25.9 Å². The van der Waals surface area contributed by atoms with E-state index in [4.69, 9.17) is 4.52 Å². The fraction of sp³-hybridized carbons (Fsp3) is 0.750. The van der Waals surface area contributed by atoms with Crippen LogP contribution < -0.4 is 0 Å². The van der Waals surface area contributed by atoms with E-state index in [1.807, 2.05) is 4.90 Å². The molecule has 5 nitrogen and oxygen atoms in total. The van der Waals surface area contributed by atoms with Gasteiger partial charge in [0.2, 0.25) is 5.76 Å². The van der Waals surface area contributed by atoms with E-state index < -0.39 is 0 Å². The van der Waals surface area contributed by atoms with Gasteiger partial charge in [0, 0.05) is 31.7 Å². The Morgan fingerprint density at radius 3 is 2.67 bits per heavy atom. The Hall–Kier alpha value is -1.36. The molecule has 1 unspecified atom stereocenters. The highest BCUT2D eigenvalue weighted by Gasteiger charge is 2.35. The minimum absolute atomic E-state index is 0.0138. The van der Waals surface area contributed by atoms with Crippen LogP contribution >= 0.6 is 0 Å². The molecule has 21 heavy (non-hydrogen) atoms. The number of hydrogen-bond acceptors (Lipinski definition) is 4. The Morgan fingerprint density at radius 1 is 1.48 bits per heavy atom. The molecule has 0 radical (unpaired) electrons. The number of carbonyl (C=O) groups excluding carboxylic acids is 1. The molecule has 1 amide bonds.